The van der Waals surface area contributed by atoms with Gasteiger partial charge in [0.15, 0.2) is 5.16 Å². The van der Waals surface area contributed by atoms with E-state index in [2.05, 4.69) is 25.8 Å². The predicted octanol–water partition coefficient (Wildman–Crippen LogP) is 5.10. The van der Waals surface area contributed by atoms with Crippen molar-refractivity contribution in [1.82, 2.24) is 9.97 Å². The van der Waals surface area contributed by atoms with Crippen LogP contribution in [0.3, 0.4) is 0 Å². The fourth-order valence-corrected chi connectivity index (χ4v) is 4.90. The molecule has 0 aliphatic carbocycles. The number of fused-ring (bicyclic) bond motifs is 3. The maximum atomic E-state index is 6.04. The van der Waals surface area contributed by atoms with Crippen LogP contribution in [0.15, 0.2) is 5.16 Å². The molecule has 0 amide bonds. The van der Waals surface area contributed by atoms with Gasteiger partial charge in [-0.3, -0.25) is 0 Å². The second kappa shape index (κ2) is 5.99. The second-order valence-corrected chi connectivity index (χ2v) is 8.25. The molecule has 0 saturated carbocycles. The fourth-order valence-electron chi connectivity index (χ4n) is 2.55. The molecule has 0 fully saturated rings. The Balaban J connectivity index is 2.07. The summed E-state index contributed by atoms with van der Waals surface area (Å²) < 4.78 is 6.87. The van der Waals surface area contributed by atoms with Crippen LogP contribution in [-0.4, -0.2) is 21.3 Å². The number of hydrogen-bond acceptors (Lipinski definition) is 5. The lowest BCUT2D eigenvalue weighted by Crippen LogP contribution is -2.33. The molecular formula is C15H20N2OS3. The molecule has 3 rings (SSSR count). The number of thiophene rings is 1. The van der Waals surface area contributed by atoms with E-state index in [4.69, 9.17) is 21.9 Å². The Morgan fingerprint density at radius 2 is 2.29 bits per heavy atom. The molecule has 0 radical (unpaired) electrons. The zero-order valence-electron chi connectivity index (χ0n) is 12.6. The van der Waals surface area contributed by atoms with Gasteiger partial charge in [0.2, 0.25) is 0 Å². The van der Waals surface area contributed by atoms with Gasteiger partial charge in [-0.05, 0) is 25.3 Å². The minimum Gasteiger partial charge on any atom is -0.369 e. The molecule has 114 valence electrons. The quantitative estimate of drug-likeness (QED) is 0.477. The highest BCUT2D eigenvalue weighted by Gasteiger charge is 2.32. The highest BCUT2D eigenvalue weighted by Crippen LogP contribution is 2.40. The first-order valence-electron chi connectivity index (χ1n) is 7.37. The van der Waals surface area contributed by atoms with Gasteiger partial charge in [0, 0.05) is 22.4 Å². The van der Waals surface area contributed by atoms with Gasteiger partial charge in [-0.25, -0.2) is 4.98 Å². The summed E-state index contributed by atoms with van der Waals surface area (Å²) in [4.78, 5) is 10.4. The molecule has 6 heteroatoms. The SMILES string of the molecule is CCCSc1nc2sc3c(c2c(=S)[nH]1)CC(C)(CC)OC3. The van der Waals surface area contributed by atoms with E-state index in [-0.39, 0.29) is 5.60 Å². The normalized spacial score (nSPS) is 21.7. The van der Waals surface area contributed by atoms with Gasteiger partial charge in [0.1, 0.15) is 9.47 Å². The maximum Gasteiger partial charge on any atom is 0.167 e. The number of nitrogens with one attached hydrogen (secondary N) is 1. The predicted molar refractivity (Wildman–Crippen MR) is 93.0 cm³/mol. The molecule has 0 bridgehead atoms. The molecule has 0 aromatic carbocycles. The monoisotopic (exact) mass is 340 g/mol. The second-order valence-electron chi connectivity index (χ2n) is 5.67. The number of ether oxygens (including phenoxy) is 1. The Morgan fingerprint density at radius 3 is 3.00 bits per heavy atom. The molecule has 1 N–H and O–H groups in total. The van der Waals surface area contributed by atoms with Crippen LogP contribution in [0.1, 0.15) is 44.1 Å². The molecule has 2 aromatic rings. The van der Waals surface area contributed by atoms with Crippen molar-refractivity contribution < 1.29 is 4.74 Å². The maximum absolute atomic E-state index is 6.04. The van der Waals surface area contributed by atoms with E-state index in [9.17, 15) is 0 Å². The van der Waals surface area contributed by atoms with Crippen LogP contribution in [0.25, 0.3) is 10.2 Å². The number of rotatable bonds is 4. The van der Waals surface area contributed by atoms with Crippen molar-refractivity contribution >= 4 is 45.5 Å². The highest BCUT2D eigenvalue weighted by atomic mass is 32.2. The summed E-state index contributed by atoms with van der Waals surface area (Å²) >= 11 is 9.08. The number of H-pyrrole nitrogens is 1. The van der Waals surface area contributed by atoms with Crippen LogP contribution in [0, 0.1) is 4.64 Å². The van der Waals surface area contributed by atoms with Gasteiger partial charge in [-0.15, -0.1) is 11.3 Å². The van der Waals surface area contributed by atoms with Crippen molar-refractivity contribution in [2.24, 2.45) is 0 Å². The van der Waals surface area contributed by atoms with E-state index in [0.29, 0.717) is 6.61 Å². The van der Waals surface area contributed by atoms with Crippen LogP contribution >= 0.6 is 35.3 Å². The third-order valence-electron chi connectivity index (χ3n) is 4.02. The molecule has 2 aromatic heterocycles. The molecule has 0 spiro atoms. The lowest BCUT2D eigenvalue weighted by atomic mass is 9.90. The van der Waals surface area contributed by atoms with E-state index in [1.807, 2.05) is 0 Å². The van der Waals surface area contributed by atoms with Crippen LogP contribution in [-0.2, 0) is 17.8 Å². The van der Waals surface area contributed by atoms with Crippen molar-refractivity contribution in [3.05, 3.63) is 15.1 Å². The number of nitrogens with zero attached hydrogens (tertiary/aromatic N) is 1. The van der Waals surface area contributed by atoms with Gasteiger partial charge in [0.25, 0.3) is 0 Å². The summed E-state index contributed by atoms with van der Waals surface area (Å²) in [5.74, 6) is 1.06. The molecule has 21 heavy (non-hydrogen) atoms. The number of thioether (sulfide) groups is 1. The van der Waals surface area contributed by atoms with Crippen LogP contribution in [0.5, 0.6) is 0 Å². The zero-order valence-corrected chi connectivity index (χ0v) is 15.1. The average molecular weight is 341 g/mol. The molecule has 0 saturated heterocycles. The molecular weight excluding hydrogens is 320 g/mol. The lowest BCUT2D eigenvalue weighted by Gasteiger charge is -2.32. The minimum absolute atomic E-state index is 0.0710. The summed E-state index contributed by atoms with van der Waals surface area (Å²) in [5.41, 5.74) is 1.28. The Morgan fingerprint density at radius 1 is 1.48 bits per heavy atom. The van der Waals surface area contributed by atoms with E-state index >= 15 is 0 Å². The van der Waals surface area contributed by atoms with Crippen molar-refractivity contribution in [2.75, 3.05) is 5.75 Å². The van der Waals surface area contributed by atoms with Crippen molar-refractivity contribution in [1.29, 1.82) is 0 Å². The standard InChI is InChI=1S/C15H20N2OS3/c1-4-6-20-14-16-12(19)11-9-7-15(3,5-2)18-8-10(9)21-13(11)17-14/h4-8H2,1-3H3,(H,16,17,19). The number of hydrogen-bond donors (Lipinski definition) is 1. The Bertz CT molecular complexity index is 722. The topological polar surface area (TPSA) is 37.9 Å². The van der Waals surface area contributed by atoms with E-state index < -0.39 is 0 Å². The third-order valence-corrected chi connectivity index (χ3v) is 6.50. The minimum atomic E-state index is -0.0710. The largest absolute Gasteiger partial charge is 0.369 e. The van der Waals surface area contributed by atoms with Crippen LogP contribution in [0.4, 0.5) is 0 Å². The Labute approximate surface area is 138 Å². The van der Waals surface area contributed by atoms with E-state index in [1.54, 1.807) is 23.1 Å². The van der Waals surface area contributed by atoms with Crippen LogP contribution < -0.4 is 0 Å². The van der Waals surface area contributed by atoms with E-state index in [0.717, 1.165) is 45.0 Å². The smallest absolute Gasteiger partial charge is 0.167 e. The number of aromatic amines is 1. The zero-order chi connectivity index (χ0) is 15.0. The van der Waals surface area contributed by atoms with Crippen molar-refractivity contribution in [2.45, 2.75) is 57.4 Å². The van der Waals surface area contributed by atoms with Gasteiger partial charge in [-0.1, -0.05) is 37.8 Å². The van der Waals surface area contributed by atoms with Crippen molar-refractivity contribution in [3.8, 4) is 0 Å². The summed E-state index contributed by atoms with van der Waals surface area (Å²) in [6.45, 7) is 7.23. The van der Waals surface area contributed by atoms with Gasteiger partial charge >= 0.3 is 0 Å². The fraction of sp³-hybridized carbons (Fsp3) is 0.600. The summed E-state index contributed by atoms with van der Waals surface area (Å²) in [6, 6.07) is 0. The molecule has 3 heterocycles. The molecule has 1 atom stereocenters. The van der Waals surface area contributed by atoms with Crippen LogP contribution in [0.2, 0.25) is 0 Å². The third kappa shape index (κ3) is 2.91. The average Bonchev–Trinajstić information content (AvgIpc) is 2.83. The molecule has 3 nitrogen and oxygen atoms in total. The summed E-state index contributed by atoms with van der Waals surface area (Å²) in [7, 11) is 0. The summed E-state index contributed by atoms with van der Waals surface area (Å²) in [5, 5.41) is 2.08. The molecule has 1 aliphatic rings. The highest BCUT2D eigenvalue weighted by molar-refractivity contribution is 7.99. The Hall–Kier alpha value is -0.430. The first-order chi connectivity index (χ1) is 10.1. The lowest BCUT2D eigenvalue weighted by molar-refractivity contribution is -0.0543. The first kappa shape index (κ1) is 15.5. The number of aromatic nitrogens is 2. The van der Waals surface area contributed by atoms with Gasteiger partial charge < -0.3 is 9.72 Å². The summed E-state index contributed by atoms with van der Waals surface area (Å²) in [6.07, 6.45) is 3.08. The Kier molecular flexibility index (Phi) is 4.41. The first-order valence-corrected chi connectivity index (χ1v) is 9.58. The van der Waals surface area contributed by atoms with Crippen molar-refractivity contribution in [3.63, 3.8) is 0 Å². The molecule has 1 unspecified atom stereocenters. The van der Waals surface area contributed by atoms with E-state index in [1.165, 1.54) is 10.4 Å². The van der Waals surface area contributed by atoms with Gasteiger partial charge in [0.05, 0.1) is 12.2 Å². The molecule has 1 aliphatic heterocycles. The van der Waals surface area contributed by atoms with Gasteiger partial charge in [-0.2, -0.15) is 0 Å².